The molecule has 1 rings (SSSR count). The van der Waals surface area contributed by atoms with E-state index in [1.807, 2.05) is 0 Å². The highest BCUT2D eigenvalue weighted by atomic mass is 35.5. The Bertz CT molecular complexity index is 599. The van der Waals surface area contributed by atoms with Crippen molar-refractivity contribution in [3.8, 4) is 0 Å². The Balaban J connectivity index is 3.08. The van der Waals surface area contributed by atoms with Crippen molar-refractivity contribution < 1.29 is 13.2 Å². The second-order valence-electron chi connectivity index (χ2n) is 4.82. The fraction of sp³-hybridized carbons (Fsp3) is 0.364. The minimum atomic E-state index is -3.86. The number of amides is 1. The van der Waals surface area contributed by atoms with E-state index in [2.05, 4.69) is 4.72 Å². The Morgan fingerprint density at radius 2 is 2.00 bits per heavy atom. The monoisotopic (exact) mass is 305 g/mol. The first-order chi connectivity index (χ1) is 8.53. The van der Waals surface area contributed by atoms with E-state index >= 15 is 0 Å². The molecule has 0 radical (unpaired) electrons. The number of halogens is 1. The summed E-state index contributed by atoms with van der Waals surface area (Å²) in [7, 11) is -3.86. The number of carbonyl (C=O) groups is 1. The van der Waals surface area contributed by atoms with Gasteiger partial charge in [-0.2, -0.15) is 0 Å². The number of nitrogens with two attached hydrogens (primary N) is 2. The highest BCUT2D eigenvalue weighted by Gasteiger charge is 2.29. The Labute approximate surface area is 117 Å². The van der Waals surface area contributed by atoms with Gasteiger partial charge in [0.15, 0.2) is 0 Å². The molecule has 0 aliphatic heterocycles. The Hall–Kier alpha value is -1.31. The number of carbonyl (C=O) groups excluding carboxylic acids is 1. The zero-order chi connectivity index (χ0) is 14.8. The van der Waals surface area contributed by atoms with Gasteiger partial charge in [0.2, 0.25) is 15.9 Å². The molecule has 0 spiro atoms. The summed E-state index contributed by atoms with van der Waals surface area (Å²) in [5.74, 6) is -0.601. The summed E-state index contributed by atoms with van der Waals surface area (Å²) in [6.07, 6.45) is -0.126. The third kappa shape index (κ3) is 4.38. The van der Waals surface area contributed by atoms with Gasteiger partial charge in [0.25, 0.3) is 0 Å². The van der Waals surface area contributed by atoms with Gasteiger partial charge in [-0.3, -0.25) is 4.79 Å². The molecule has 0 fully saturated rings. The Kier molecular flexibility index (Phi) is 4.44. The third-order valence-corrected chi connectivity index (χ3v) is 4.45. The summed E-state index contributed by atoms with van der Waals surface area (Å²) in [6.45, 7) is 3.11. The van der Waals surface area contributed by atoms with E-state index < -0.39 is 21.5 Å². The Morgan fingerprint density at radius 1 is 1.42 bits per heavy atom. The average Bonchev–Trinajstić information content (AvgIpc) is 2.11. The van der Waals surface area contributed by atoms with Crippen molar-refractivity contribution in [3.05, 3.63) is 23.2 Å². The summed E-state index contributed by atoms with van der Waals surface area (Å²) in [5, 5.41) is 0.0161. The lowest BCUT2D eigenvalue weighted by Crippen LogP contribution is -2.45. The van der Waals surface area contributed by atoms with Crippen LogP contribution in [0.15, 0.2) is 23.1 Å². The number of benzene rings is 1. The SMILES string of the molecule is CC(C)(CC(N)=O)NS(=O)(=O)c1ccc(N)cc1Cl. The zero-order valence-corrected chi connectivity index (χ0v) is 12.2. The number of nitrogen functional groups attached to an aromatic ring is 1. The van der Waals surface area contributed by atoms with Crippen LogP contribution in [0, 0.1) is 0 Å². The molecule has 0 aromatic heterocycles. The molecule has 0 bridgehead atoms. The molecular formula is C11H16ClN3O3S. The molecule has 0 unspecified atom stereocenters. The second kappa shape index (κ2) is 5.36. The van der Waals surface area contributed by atoms with E-state index in [1.165, 1.54) is 18.2 Å². The van der Waals surface area contributed by atoms with Gasteiger partial charge in [-0.25, -0.2) is 13.1 Å². The van der Waals surface area contributed by atoms with Crippen LogP contribution in [-0.4, -0.2) is 19.9 Å². The first-order valence-electron chi connectivity index (χ1n) is 5.41. The van der Waals surface area contributed by atoms with Gasteiger partial charge < -0.3 is 11.5 Å². The first-order valence-corrected chi connectivity index (χ1v) is 7.27. The van der Waals surface area contributed by atoms with Crippen LogP contribution in [0.5, 0.6) is 0 Å². The highest BCUT2D eigenvalue weighted by molar-refractivity contribution is 7.89. The normalized spacial score (nSPS) is 12.4. The molecule has 0 heterocycles. The highest BCUT2D eigenvalue weighted by Crippen LogP contribution is 2.25. The van der Waals surface area contributed by atoms with E-state index in [0.717, 1.165) is 0 Å². The van der Waals surface area contributed by atoms with Crippen molar-refractivity contribution in [2.75, 3.05) is 5.73 Å². The number of rotatable bonds is 5. The molecule has 19 heavy (non-hydrogen) atoms. The predicted octanol–water partition coefficient (Wildman–Crippen LogP) is 0.855. The van der Waals surface area contributed by atoms with Gasteiger partial charge in [0.05, 0.1) is 5.02 Å². The van der Waals surface area contributed by atoms with Gasteiger partial charge >= 0.3 is 0 Å². The van der Waals surface area contributed by atoms with Crippen LogP contribution in [-0.2, 0) is 14.8 Å². The quantitative estimate of drug-likeness (QED) is 0.699. The largest absolute Gasteiger partial charge is 0.399 e. The fourth-order valence-corrected chi connectivity index (χ4v) is 3.59. The minimum absolute atomic E-state index is 0.0161. The van der Waals surface area contributed by atoms with Crippen molar-refractivity contribution >= 4 is 33.2 Å². The van der Waals surface area contributed by atoms with Gasteiger partial charge in [-0.15, -0.1) is 0 Å². The lowest BCUT2D eigenvalue weighted by molar-refractivity contribution is -0.119. The van der Waals surface area contributed by atoms with Crippen LogP contribution >= 0.6 is 11.6 Å². The molecule has 0 aliphatic rings. The molecule has 106 valence electrons. The predicted molar refractivity (Wildman–Crippen MR) is 74.1 cm³/mol. The smallest absolute Gasteiger partial charge is 0.242 e. The van der Waals surface area contributed by atoms with Crippen LogP contribution in [0.25, 0.3) is 0 Å². The summed E-state index contributed by atoms with van der Waals surface area (Å²) in [5.41, 5.74) is 9.93. The number of anilines is 1. The zero-order valence-electron chi connectivity index (χ0n) is 10.6. The van der Waals surface area contributed by atoms with Crippen LogP contribution in [0.1, 0.15) is 20.3 Å². The Morgan fingerprint density at radius 3 is 2.47 bits per heavy atom. The summed E-state index contributed by atoms with van der Waals surface area (Å²) in [6, 6.07) is 4.08. The van der Waals surface area contributed by atoms with E-state index in [9.17, 15) is 13.2 Å². The van der Waals surface area contributed by atoms with Crippen LogP contribution in [0.3, 0.4) is 0 Å². The maximum Gasteiger partial charge on any atom is 0.242 e. The lowest BCUT2D eigenvalue weighted by Gasteiger charge is -2.24. The molecule has 1 aromatic rings. The maximum absolute atomic E-state index is 12.2. The van der Waals surface area contributed by atoms with E-state index in [1.54, 1.807) is 13.8 Å². The number of sulfonamides is 1. The number of hydrogen-bond donors (Lipinski definition) is 3. The van der Waals surface area contributed by atoms with Crippen LogP contribution in [0.4, 0.5) is 5.69 Å². The molecule has 0 aliphatic carbocycles. The van der Waals surface area contributed by atoms with Gasteiger partial charge in [-0.1, -0.05) is 11.6 Å². The number of nitrogens with one attached hydrogen (secondary N) is 1. The molecule has 8 heteroatoms. The van der Waals surface area contributed by atoms with Crippen molar-refractivity contribution in [1.82, 2.24) is 4.72 Å². The van der Waals surface area contributed by atoms with E-state index in [0.29, 0.717) is 5.69 Å². The number of hydrogen-bond acceptors (Lipinski definition) is 4. The molecule has 5 N–H and O–H groups in total. The first kappa shape index (κ1) is 15.7. The van der Waals surface area contributed by atoms with Crippen molar-refractivity contribution in [1.29, 1.82) is 0 Å². The molecule has 0 saturated carbocycles. The molecule has 1 amide bonds. The third-order valence-electron chi connectivity index (χ3n) is 2.27. The van der Waals surface area contributed by atoms with Crippen molar-refractivity contribution in [2.24, 2.45) is 5.73 Å². The van der Waals surface area contributed by atoms with Crippen LogP contribution < -0.4 is 16.2 Å². The second-order valence-corrected chi connectivity index (χ2v) is 6.88. The van der Waals surface area contributed by atoms with E-state index in [4.69, 9.17) is 23.1 Å². The lowest BCUT2D eigenvalue weighted by atomic mass is 10.0. The molecule has 0 atom stereocenters. The van der Waals surface area contributed by atoms with Crippen LogP contribution in [0.2, 0.25) is 5.02 Å². The van der Waals surface area contributed by atoms with Gasteiger partial charge in [-0.05, 0) is 32.0 Å². The summed E-state index contributed by atoms with van der Waals surface area (Å²) >= 11 is 5.86. The average molecular weight is 306 g/mol. The minimum Gasteiger partial charge on any atom is -0.399 e. The maximum atomic E-state index is 12.2. The molecule has 0 saturated heterocycles. The molecular weight excluding hydrogens is 290 g/mol. The number of primary amides is 1. The summed E-state index contributed by atoms with van der Waals surface area (Å²) < 4.78 is 26.7. The standard InChI is InChI=1S/C11H16ClN3O3S/c1-11(2,6-10(14)16)15-19(17,18)9-4-3-7(13)5-8(9)12/h3-5,15H,6,13H2,1-2H3,(H2,14,16). The fourth-order valence-electron chi connectivity index (χ4n) is 1.63. The van der Waals surface area contributed by atoms with E-state index in [-0.39, 0.29) is 16.3 Å². The molecule has 1 aromatic carbocycles. The van der Waals surface area contributed by atoms with Crippen molar-refractivity contribution in [2.45, 2.75) is 30.7 Å². The van der Waals surface area contributed by atoms with Crippen molar-refractivity contribution in [3.63, 3.8) is 0 Å². The van der Waals surface area contributed by atoms with Gasteiger partial charge in [0.1, 0.15) is 4.90 Å². The molecule has 6 nitrogen and oxygen atoms in total. The summed E-state index contributed by atoms with van der Waals surface area (Å²) in [4.78, 5) is 10.8. The van der Waals surface area contributed by atoms with Gasteiger partial charge in [0, 0.05) is 17.6 Å². The topological polar surface area (TPSA) is 115 Å².